The van der Waals surface area contributed by atoms with Crippen molar-refractivity contribution in [2.75, 3.05) is 17.7 Å². The third kappa shape index (κ3) is 4.39. The van der Waals surface area contributed by atoms with Crippen LogP contribution in [0.2, 0.25) is 0 Å². The van der Waals surface area contributed by atoms with Crippen molar-refractivity contribution >= 4 is 40.2 Å². The van der Waals surface area contributed by atoms with Gasteiger partial charge in [0.1, 0.15) is 5.75 Å². The van der Waals surface area contributed by atoms with E-state index >= 15 is 0 Å². The molecule has 31 heavy (non-hydrogen) atoms. The van der Waals surface area contributed by atoms with Crippen molar-refractivity contribution < 1.29 is 27.5 Å². The minimum Gasteiger partial charge on any atom is -0.482 e. The van der Waals surface area contributed by atoms with E-state index in [0.717, 1.165) is 12.1 Å². The Hall–Kier alpha value is -3.01. The van der Waals surface area contributed by atoms with Crippen LogP contribution in [0.15, 0.2) is 41.6 Å². The van der Waals surface area contributed by atoms with Gasteiger partial charge in [0.05, 0.1) is 28.0 Å². The van der Waals surface area contributed by atoms with Crippen LogP contribution in [0.3, 0.4) is 0 Å². The fraction of sp³-hybridized carbons (Fsp3) is 0.286. The Labute approximate surface area is 179 Å². The molecule has 0 unspecified atom stereocenters. The number of imidazole rings is 1. The summed E-state index contributed by atoms with van der Waals surface area (Å²) >= 11 is 1.17. The van der Waals surface area contributed by atoms with Crippen LogP contribution in [-0.2, 0) is 17.5 Å². The number of benzene rings is 2. The highest BCUT2D eigenvalue weighted by molar-refractivity contribution is 7.99. The summed E-state index contributed by atoms with van der Waals surface area (Å²) in [6.07, 6.45) is -3.74. The molecule has 3 aromatic rings. The van der Waals surface area contributed by atoms with Crippen molar-refractivity contribution in [1.82, 2.24) is 9.55 Å². The number of amides is 1. The van der Waals surface area contributed by atoms with Crippen LogP contribution < -0.4 is 10.1 Å². The van der Waals surface area contributed by atoms with Crippen LogP contribution in [0.4, 0.5) is 18.9 Å². The molecule has 1 N–H and O–H groups in total. The fourth-order valence-electron chi connectivity index (χ4n) is 3.30. The molecule has 0 bridgehead atoms. The largest absolute Gasteiger partial charge is 0.482 e. The van der Waals surface area contributed by atoms with E-state index in [1.54, 1.807) is 22.8 Å². The van der Waals surface area contributed by atoms with Crippen LogP contribution in [0.5, 0.6) is 5.75 Å². The number of alkyl halides is 3. The molecule has 1 aromatic heterocycles. The second-order valence-corrected chi connectivity index (χ2v) is 7.95. The first-order valence-electron chi connectivity index (χ1n) is 9.56. The van der Waals surface area contributed by atoms with E-state index in [2.05, 4.69) is 10.3 Å². The van der Waals surface area contributed by atoms with Gasteiger partial charge in [0, 0.05) is 12.1 Å². The Balaban J connectivity index is 1.57. The van der Waals surface area contributed by atoms with Gasteiger partial charge in [-0.2, -0.15) is 13.2 Å². The van der Waals surface area contributed by atoms with Gasteiger partial charge in [-0.05, 0) is 42.8 Å². The lowest BCUT2D eigenvalue weighted by molar-refractivity contribution is -0.137. The molecule has 2 heterocycles. The molecular weight excluding hydrogens is 431 g/mol. The van der Waals surface area contributed by atoms with E-state index in [1.165, 1.54) is 17.8 Å². The molecule has 0 fully saturated rings. The molecule has 6 nitrogen and oxygen atoms in total. The molecule has 4 rings (SSSR count). The average molecular weight is 449 g/mol. The average Bonchev–Trinajstić information content (AvgIpc) is 3.08. The number of aromatic nitrogens is 2. The van der Waals surface area contributed by atoms with Crippen molar-refractivity contribution in [3.63, 3.8) is 0 Å². The number of carbonyl (C=O) groups excluding carboxylic acids is 2. The van der Waals surface area contributed by atoms with Crippen molar-refractivity contribution in [3.05, 3.63) is 47.5 Å². The predicted octanol–water partition coefficient (Wildman–Crippen LogP) is 4.77. The maximum absolute atomic E-state index is 13.1. The van der Waals surface area contributed by atoms with Crippen molar-refractivity contribution in [1.29, 1.82) is 0 Å². The molecule has 1 amide bonds. The predicted molar refractivity (Wildman–Crippen MR) is 111 cm³/mol. The number of nitrogens with zero attached hydrogens (tertiary/aromatic N) is 2. The van der Waals surface area contributed by atoms with Crippen molar-refractivity contribution in [3.8, 4) is 5.75 Å². The van der Waals surface area contributed by atoms with Gasteiger partial charge < -0.3 is 14.6 Å². The monoisotopic (exact) mass is 449 g/mol. The zero-order valence-electron chi connectivity index (χ0n) is 16.5. The van der Waals surface area contributed by atoms with Gasteiger partial charge in [-0.3, -0.25) is 9.59 Å². The Morgan fingerprint density at radius 1 is 1.26 bits per heavy atom. The number of rotatable bonds is 6. The quantitative estimate of drug-likeness (QED) is 0.434. The number of ketones is 1. The Morgan fingerprint density at radius 3 is 2.81 bits per heavy atom. The number of aryl methyl sites for hydroxylation is 1. The lowest BCUT2D eigenvalue weighted by atomic mass is 10.1. The topological polar surface area (TPSA) is 73.2 Å². The van der Waals surface area contributed by atoms with E-state index in [4.69, 9.17) is 4.74 Å². The molecule has 162 valence electrons. The second-order valence-electron chi connectivity index (χ2n) is 7.01. The van der Waals surface area contributed by atoms with Crippen LogP contribution >= 0.6 is 11.8 Å². The summed E-state index contributed by atoms with van der Waals surface area (Å²) in [6, 6.07) is 8.24. The highest BCUT2D eigenvalue weighted by Gasteiger charge is 2.31. The number of thioether (sulfide) groups is 1. The summed E-state index contributed by atoms with van der Waals surface area (Å²) in [5.74, 6) is 0.0536. The first-order chi connectivity index (χ1) is 14.8. The number of ether oxygens (including phenoxy) is 1. The first-order valence-corrected chi connectivity index (χ1v) is 10.5. The molecule has 0 saturated heterocycles. The zero-order chi connectivity index (χ0) is 22.2. The van der Waals surface area contributed by atoms with E-state index in [0.29, 0.717) is 46.2 Å². The number of hydrogen-bond donors (Lipinski definition) is 1. The Kier molecular flexibility index (Phi) is 5.65. The normalized spacial score (nSPS) is 13.6. The third-order valence-corrected chi connectivity index (χ3v) is 5.73. The van der Waals surface area contributed by atoms with Gasteiger partial charge in [-0.1, -0.05) is 18.7 Å². The lowest BCUT2D eigenvalue weighted by Crippen LogP contribution is -2.25. The minimum absolute atomic E-state index is 0.0484. The van der Waals surface area contributed by atoms with E-state index in [1.807, 2.05) is 6.92 Å². The summed E-state index contributed by atoms with van der Waals surface area (Å²) in [5.41, 5.74) is 0.938. The standard InChI is InChI=1S/C21H18F3N3O3S/c1-2-7-27-16-9-13(21(22,23)24)4-5-14(16)26-20(27)31-11-17(28)12-3-6-18-15(8-12)25-19(29)10-30-18/h3-6,8-9H,2,7,10-11H2,1H3,(H,25,29). The van der Waals surface area contributed by atoms with Gasteiger partial charge in [-0.25, -0.2) is 4.98 Å². The van der Waals surface area contributed by atoms with Crippen molar-refractivity contribution in [2.45, 2.75) is 31.2 Å². The second kappa shape index (κ2) is 8.26. The molecule has 0 saturated carbocycles. The molecule has 1 aliphatic rings. The highest BCUT2D eigenvalue weighted by atomic mass is 32.2. The smallest absolute Gasteiger partial charge is 0.416 e. The number of carbonyl (C=O) groups is 2. The molecule has 0 radical (unpaired) electrons. The van der Waals surface area contributed by atoms with Gasteiger partial charge in [-0.15, -0.1) is 0 Å². The van der Waals surface area contributed by atoms with Crippen molar-refractivity contribution in [2.24, 2.45) is 0 Å². The van der Waals surface area contributed by atoms with Gasteiger partial charge in [0.2, 0.25) is 0 Å². The summed E-state index contributed by atoms with van der Waals surface area (Å²) in [5, 5.41) is 3.14. The van der Waals surface area contributed by atoms with Gasteiger partial charge in [0.15, 0.2) is 17.5 Å². The summed E-state index contributed by atoms with van der Waals surface area (Å²) < 4.78 is 46.3. The highest BCUT2D eigenvalue weighted by Crippen LogP contribution is 2.34. The third-order valence-electron chi connectivity index (χ3n) is 4.75. The SMILES string of the molecule is CCCn1c(SCC(=O)c2ccc3c(c2)NC(=O)CO3)nc2ccc(C(F)(F)F)cc21. The van der Waals surface area contributed by atoms with Crippen LogP contribution in [0.25, 0.3) is 11.0 Å². The van der Waals surface area contributed by atoms with Crippen LogP contribution in [0, 0.1) is 0 Å². The number of anilines is 1. The summed E-state index contributed by atoms with van der Waals surface area (Å²) in [7, 11) is 0. The van der Waals surface area contributed by atoms with E-state index < -0.39 is 11.7 Å². The fourth-order valence-corrected chi connectivity index (χ4v) is 4.23. The molecule has 1 aliphatic heterocycles. The first kappa shape index (κ1) is 21.2. The number of fused-ring (bicyclic) bond motifs is 2. The van der Waals surface area contributed by atoms with Crippen LogP contribution in [0.1, 0.15) is 29.3 Å². The maximum atomic E-state index is 13.1. The maximum Gasteiger partial charge on any atom is 0.416 e. The molecule has 2 aromatic carbocycles. The van der Waals surface area contributed by atoms with Crippen LogP contribution in [-0.4, -0.2) is 33.6 Å². The molecule has 0 spiro atoms. The number of hydrogen-bond acceptors (Lipinski definition) is 5. The molecule has 0 atom stereocenters. The summed E-state index contributed by atoms with van der Waals surface area (Å²) in [6.45, 7) is 2.33. The van der Waals surface area contributed by atoms with Gasteiger partial charge in [0.25, 0.3) is 5.91 Å². The lowest BCUT2D eigenvalue weighted by Gasteiger charge is -2.18. The van der Waals surface area contributed by atoms with Gasteiger partial charge >= 0.3 is 6.18 Å². The van der Waals surface area contributed by atoms with E-state index in [-0.39, 0.29) is 24.1 Å². The molecule has 10 heteroatoms. The number of halogens is 3. The van der Waals surface area contributed by atoms with E-state index in [9.17, 15) is 22.8 Å². The Bertz CT molecular complexity index is 1170. The zero-order valence-corrected chi connectivity index (χ0v) is 17.3. The molecule has 0 aliphatic carbocycles. The molecular formula is C21H18F3N3O3S. The number of Topliss-reactive ketones (excluding diaryl/α,β-unsaturated/α-hetero) is 1. The summed E-state index contributed by atoms with van der Waals surface area (Å²) in [4.78, 5) is 28.6. The Morgan fingerprint density at radius 2 is 2.06 bits per heavy atom. The number of nitrogens with one attached hydrogen (secondary N) is 1. The minimum atomic E-state index is -4.44.